The standard InChI is InChI=1S/C22H25N3O4S/c1-15-7-9-18(10-8-15)5-4-6-21(26)23-19-11-13-20(14-12-19)30(27,28)25-22-16(2)17(3)24-29-22/h7-14,25H,4-6H2,1-3H3,(H,23,26). The minimum absolute atomic E-state index is 0.0633. The normalized spacial score (nSPS) is 11.3. The number of anilines is 2. The molecule has 30 heavy (non-hydrogen) atoms. The Balaban J connectivity index is 1.53. The number of nitrogens with zero attached hydrogens (tertiary/aromatic N) is 1. The van der Waals surface area contributed by atoms with Crippen molar-refractivity contribution in [2.75, 3.05) is 10.0 Å². The van der Waals surface area contributed by atoms with Gasteiger partial charge in [0.2, 0.25) is 11.8 Å². The number of aromatic nitrogens is 1. The van der Waals surface area contributed by atoms with Crippen LogP contribution in [0.5, 0.6) is 0 Å². The van der Waals surface area contributed by atoms with E-state index in [1.54, 1.807) is 26.0 Å². The lowest BCUT2D eigenvalue weighted by Gasteiger charge is -2.08. The van der Waals surface area contributed by atoms with Gasteiger partial charge in [-0.25, -0.2) is 13.1 Å². The Morgan fingerprint density at radius 3 is 2.27 bits per heavy atom. The van der Waals surface area contributed by atoms with E-state index >= 15 is 0 Å². The lowest BCUT2D eigenvalue weighted by Crippen LogP contribution is -2.14. The number of benzene rings is 2. The van der Waals surface area contributed by atoms with Crippen LogP contribution in [0.1, 0.15) is 35.2 Å². The molecule has 2 aromatic carbocycles. The SMILES string of the molecule is Cc1ccc(CCCC(=O)Nc2ccc(S(=O)(=O)Nc3onc(C)c3C)cc2)cc1. The second-order valence-electron chi connectivity index (χ2n) is 7.24. The molecule has 0 aliphatic carbocycles. The molecule has 0 spiro atoms. The van der Waals surface area contributed by atoms with Crippen LogP contribution in [-0.4, -0.2) is 19.5 Å². The molecule has 1 heterocycles. The number of rotatable bonds is 8. The zero-order chi connectivity index (χ0) is 21.7. The van der Waals surface area contributed by atoms with E-state index in [1.165, 1.54) is 23.3 Å². The first-order valence-electron chi connectivity index (χ1n) is 9.66. The van der Waals surface area contributed by atoms with E-state index in [9.17, 15) is 13.2 Å². The summed E-state index contributed by atoms with van der Waals surface area (Å²) in [7, 11) is -3.81. The van der Waals surface area contributed by atoms with Gasteiger partial charge in [0.05, 0.1) is 10.6 Å². The molecular formula is C22H25N3O4S. The van der Waals surface area contributed by atoms with E-state index in [0.29, 0.717) is 23.4 Å². The highest BCUT2D eigenvalue weighted by molar-refractivity contribution is 7.92. The Kier molecular flexibility index (Phi) is 6.56. The highest BCUT2D eigenvalue weighted by Gasteiger charge is 2.19. The quantitative estimate of drug-likeness (QED) is 0.556. The largest absolute Gasteiger partial charge is 0.337 e. The third-order valence-electron chi connectivity index (χ3n) is 4.82. The van der Waals surface area contributed by atoms with Crippen molar-refractivity contribution in [1.82, 2.24) is 5.16 Å². The Labute approximate surface area is 176 Å². The average molecular weight is 428 g/mol. The number of aryl methyl sites for hydroxylation is 3. The van der Waals surface area contributed by atoms with Crippen molar-refractivity contribution in [3.63, 3.8) is 0 Å². The molecule has 3 aromatic rings. The molecule has 1 aromatic heterocycles. The van der Waals surface area contributed by atoms with Gasteiger partial charge in [0.25, 0.3) is 10.0 Å². The minimum atomic E-state index is -3.81. The Hall–Kier alpha value is -3.13. The summed E-state index contributed by atoms with van der Waals surface area (Å²) < 4.78 is 32.4. The number of amides is 1. The molecule has 0 aliphatic rings. The third kappa shape index (κ3) is 5.48. The fraction of sp³-hybridized carbons (Fsp3) is 0.273. The summed E-state index contributed by atoms with van der Waals surface area (Å²) in [5.74, 6) is -0.0120. The molecule has 3 rings (SSSR count). The molecule has 158 valence electrons. The van der Waals surface area contributed by atoms with Gasteiger partial charge < -0.3 is 9.84 Å². The lowest BCUT2D eigenvalue weighted by molar-refractivity contribution is -0.116. The molecule has 0 fully saturated rings. The summed E-state index contributed by atoms with van der Waals surface area (Å²) in [6.07, 6.45) is 1.96. The van der Waals surface area contributed by atoms with Crippen LogP contribution in [0.2, 0.25) is 0 Å². The highest BCUT2D eigenvalue weighted by Crippen LogP contribution is 2.22. The zero-order valence-corrected chi connectivity index (χ0v) is 18.0. The molecule has 0 unspecified atom stereocenters. The molecule has 0 atom stereocenters. The van der Waals surface area contributed by atoms with Crippen LogP contribution >= 0.6 is 0 Å². The molecule has 1 amide bonds. The summed E-state index contributed by atoms with van der Waals surface area (Å²) in [5, 5.41) is 6.53. The monoisotopic (exact) mass is 427 g/mol. The fourth-order valence-electron chi connectivity index (χ4n) is 2.84. The summed E-state index contributed by atoms with van der Waals surface area (Å²) in [5.41, 5.74) is 4.21. The van der Waals surface area contributed by atoms with Gasteiger partial charge in [-0.15, -0.1) is 0 Å². The second-order valence-corrected chi connectivity index (χ2v) is 8.92. The number of sulfonamides is 1. The van der Waals surface area contributed by atoms with Gasteiger partial charge in [-0.3, -0.25) is 4.79 Å². The summed E-state index contributed by atoms with van der Waals surface area (Å²) in [6.45, 7) is 5.50. The first-order chi connectivity index (χ1) is 14.2. The van der Waals surface area contributed by atoms with Crippen LogP contribution in [0.3, 0.4) is 0 Å². The Morgan fingerprint density at radius 1 is 1.00 bits per heavy atom. The van der Waals surface area contributed by atoms with Crippen molar-refractivity contribution in [3.8, 4) is 0 Å². The first kappa shape index (κ1) is 21.6. The number of carbonyl (C=O) groups excluding carboxylic acids is 1. The van der Waals surface area contributed by atoms with Gasteiger partial charge in [0.15, 0.2) is 0 Å². The van der Waals surface area contributed by atoms with Crippen LogP contribution in [0.4, 0.5) is 11.6 Å². The van der Waals surface area contributed by atoms with Crippen molar-refractivity contribution in [3.05, 3.63) is 70.9 Å². The van der Waals surface area contributed by atoms with Crippen molar-refractivity contribution in [1.29, 1.82) is 0 Å². The van der Waals surface area contributed by atoms with Gasteiger partial charge in [0.1, 0.15) is 0 Å². The average Bonchev–Trinajstić information content (AvgIpc) is 3.01. The summed E-state index contributed by atoms with van der Waals surface area (Å²) in [6, 6.07) is 14.3. The maximum Gasteiger partial charge on any atom is 0.264 e. The molecule has 8 heteroatoms. The number of carbonyl (C=O) groups is 1. The second kappa shape index (κ2) is 9.13. The van der Waals surface area contributed by atoms with E-state index in [4.69, 9.17) is 4.52 Å². The lowest BCUT2D eigenvalue weighted by atomic mass is 10.1. The smallest absolute Gasteiger partial charge is 0.264 e. The predicted octanol–water partition coefficient (Wildman–Crippen LogP) is 4.36. The summed E-state index contributed by atoms with van der Waals surface area (Å²) in [4.78, 5) is 12.2. The van der Waals surface area contributed by atoms with Gasteiger partial charge >= 0.3 is 0 Å². The van der Waals surface area contributed by atoms with Crippen LogP contribution in [-0.2, 0) is 21.2 Å². The Morgan fingerprint density at radius 2 is 1.67 bits per heavy atom. The molecular weight excluding hydrogens is 402 g/mol. The number of nitrogens with one attached hydrogen (secondary N) is 2. The molecule has 0 radical (unpaired) electrons. The van der Waals surface area contributed by atoms with Gasteiger partial charge in [-0.1, -0.05) is 35.0 Å². The highest BCUT2D eigenvalue weighted by atomic mass is 32.2. The van der Waals surface area contributed by atoms with Crippen LogP contribution in [0.15, 0.2) is 57.9 Å². The molecule has 0 aliphatic heterocycles. The van der Waals surface area contributed by atoms with Crippen LogP contribution in [0.25, 0.3) is 0 Å². The van der Waals surface area contributed by atoms with Crippen molar-refractivity contribution < 1.29 is 17.7 Å². The van der Waals surface area contributed by atoms with E-state index in [-0.39, 0.29) is 16.7 Å². The van der Waals surface area contributed by atoms with Crippen molar-refractivity contribution in [2.45, 2.75) is 44.9 Å². The fourth-order valence-corrected chi connectivity index (χ4v) is 3.89. The van der Waals surface area contributed by atoms with E-state index < -0.39 is 10.0 Å². The van der Waals surface area contributed by atoms with Crippen molar-refractivity contribution >= 4 is 27.5 Å². The zero-order valence-electron chi connectivity index (χ0n) is 17.2. The molecule has 2 N–H and O–H groups in total. The topological polar surface area (TPSA) is 101 Å². The summed E-state index contributed by atoms with van der Waals surface area (Å²) >= 11 is 0. The first-order valence-corrected chi connectivity index (χ1v) is 11.1. The van der Waals surface area contributed by atoms with Crippen LogP contribution < -0.4 is 10.0 Å². The predicted molar refractivity (Wildman–Crippen MR) is 116 cm³/mol. The van der Waals surface area contributed by atoms with E-state index in [1.807, 2.05) is 6.92 Å². The van der Waals surface area contributed by atoms with Gasteiger partial charge in [0, 0.05) is 17.7 Å². The molecule has 0 saturated heterocycles. The maximum absolute atomic E-state index is 12.5. The third-order valence-corrected chi connectivity index (χ3v) is 6.17. The van der Waals surface area contributed by atoms with Gasteiger partial charge in [-0.05, 0) is 63.4 Å². The number of hydrogen-bond donors (Lipinski definition) is 2. The number of hydrogen-bond acceptors (Lipinski definition) is 5. The molecule has 0 saturated carbocycles. The molecule has 0 bridgehead atoms. The minimum Gasteiger partial charge on any atom is -0.337 e. The van der Waals surface area contributed by atoms with Crippen molar-refractivity contribution in [2.24, 2.45) is 0 Å². The maximum atomic E-state index is 12.5. The Bertz CT molecular complexity index is 1120. The van der Waals surface area contributed by atoms with Crippen LogP contribution in [0, 0.1) is 20.8 Å². The van der Waals surface area contributed by atoms with Gasteiger partial charge in [-0.2, -0.15) is 0 Å². The van der Waals surface area contributed by atoms with E-state index in [0.717, 1.165) is 12.8 Å². The van der Waals surface area contributed by atoms with E-state index in [2.05, 4.69) is 39.5 Å². The molecule has 7 nitrogen and oxygen atoms in total.